The monoisotopic (exact) mass is 265 g/mol. The summed E-state index contributed by atoms with van der Waals surface area (Å²) in [6, 6.07) is 10.7. The van der Waals surface area contributed by atoms with Crippen molar-refractivity contribution in [2.75, 3.05) is 11.9 Å². The van der Waals surface area contributed by atoms with Gasteiger partial charge in [0.25, 0.3) is 5.91 Å². The second kappa shape index (κ2) is 6.50. The van der Waals surface area contributed by atoms with Gasteiger partial charge in [0.1, 0.15) is 0 Å². The fourth-order valence-electron chi connectivity index (χ4n) is 1.68. The molecule has 1 aromatic carbocycles. The second-order valence-corrected chi connectivity index (χ2v) is 4.22. The highest BCUT2D eigenvalue weighted by molar-refractivity contribution is 6.04. The highest BCUT2D eigenvalue weighted by Gasteiger charge is 2.06. The minimum Gasteiger partial charge on any atom is -0.322 e. The van der Waals surface area contributed by atoms with Gasteiger partial charge in [0, 0.05) is 28.7 Å². The molecule has 2 aromatic rings. The third-order valence-electron chi connectivity index (χ3n) is 2.64. The number of nitrogens with one attached hydrogen (secondary N) is 1. The van der Waals surface area contributed by atoms with Gasteiger partial charge in [-0.25, -0.2) is 0 Å². The van der Waals surface area contributed by atoms with E-state index in [1.54, 1.807) is 18.3 Å². The Morgan fingerprint density at radius 2 is 2.05 bits per heavy atom. The molecule has 3 N–H and O–H groups in total. The van der Waals surface area contributed by atoms with Crippen LogP contribution in [0.25, 0.3) is 0 Å². The Labute approximate surface area is 118 Å². The Morgan fingerprint density at radius 1 is 1.30 bits per heavy atom. The Kier molecular flexibility index (Phi) is 4.48. The predicted octanol–water partition coefficient (Wildman–Crippen LogP) is 1.95. The SMILES string of the molecule is Cc1cc(C(=O)Nc2ccc(C#CCN)cc2)ccn1. The first-order chi connectivity index (χ1) is 9.69. The van der Waals surface area contributed by atoms with Crippen molar-refractivity contribution >= 4 is 11.6 Å². The average Bonchev–Trinajstić information content (AvgIpc) is 2.46. The smallest absolute Gasteiger partial charge is 0.255 e. The van der Waals surface area contributed by atoms with Crippen LogP contribution in [-0.4, -0.2) is 17.4 Å². The van der Waals surface area contributed by atoms with E-state index in [2.05, 4.69) is 22.1 Å². The van der Waals surface area contributed by atoms with E-state index in [4.69, 9.17) is 5.73 Å². The number of anilines is 1. The number of carbonyl (C=O) groups is 1. The summed E-state index contributed by atoms with van der Waals surface area (Å²) >= 11 is 0. The number of nitrogens with two attached hydrogens (primary N) is 1. The van der Waals surface area contributed by atoms with Gasteiger partial charge >= 0.3 is 0 Å². The van der Waals surface area contributed by atoms with Crippen molar-refractivity contribution in [2.45, 2.75) is 6.92 Å². The van der Waals surface area contributed by atoms with Gasteiger partial charge in [-0.1, -0.05) is 11.8 Å². The van der Waals surface area contributed by atoms with E-state index in [1.165, 1.54) is 0 Å². The van der Waals surface area contributed by atoms with E-state index in [1.807, 2.05) is 31.2 Å². The summed E-state index contributed by atoms with van der Waals surface area (Å²) in [5.41, 5.74) is 8.30. The molecule has 0 radical (unpaired) electrons. The van der Waals surface area contributed by atoms with Crippen LogP contribution in [0.2, 0.25) is 0 Å². The highest BCUT2D eigenvalue weighted by atomic mass is 16.1. The molecule has 0 aliphatic carbocycles. The first kappa shape index (κ1) is 13.8. The van der Waals surface area contributed by atoms with Gasteiger partial charge < -0.3 is 11.1 Å². The number of rotatable bonds is 2. The minimum absolute atomic E-state index is 0.156. The van der Waals surface area contributed by atoms with Gasteiger partial charge in [0.15, 0.2) is 0 Å². The Balaban J connectivity index is 2.08. The summed E-state index contributed by atoms with van der Waals surface area (Å²) in [6.07, 6.45) is 1.62. The van der Waals surface area contributed by atoms with Crippen LogP contribution in [0.4, 0.5) is 5.69 Å². The van der Waals surface area contributed by atoms with Crippen LogP contribution in [-0.2, 0) is 0 Å². The standard InChI is InChI=1S/C16H15N3O/c1-12-11-14(8-10-18-12)16(20)19-15-6-4-13(5-7-15)3-2-9-17/h4-8,10-11H,9,17H2,1H3,(H,19,20). The molecule has 0 saturated heterocycles. The molecule has 4 heteroatoms. The molecule has 0 atom stereocenters. The van der Waals surface area contributed by atoms with Crippen LogP contribution in [0.1, 0.15) is 21.6 Å². The topological polar surface area (TPSA) is 68.0 Å². The fourth-order valence-corrected chi connectivity index (χ4v) is 1.68. The van der Waals surface area contributed by atoms with Crippen LogP contribution in [0.15, 0.2) is 42.6 Å². The van der Waals surface area contributed by atoms with Crippen molar-refractivity contribution in [2.24, 2.45) is 5.73 Å². The molecular weight excluding hydrogens is 250 g/mol. The van der Waals surface area contributed by atoms with Crippen molar-refractivity contribution in [3.05, 3.63) is 59.4 Å². The molecule has 0 bridgehead atoms. The summed E-state index contributed by atoms with van der Waals surface area (Å²) in [5, 5.41) is 2.83. The Bertz CT molecular complexity index is 666. The number of pyridine rings is 1. The molecule has 0 aliphatic heterocycles. The summed E-state index contributed by atoms with van der Waals surface area (Å²) in [5.74, 6) is 5.55. The number of hydrogen-bond donors (Lipinski definition) is 2. The van der Waals surface area contributed by atoms with E-state index in [9.17, 15) is 4.79 Å². The van der Waals surface area contributed by atoms with Gasteiger partial charge in [-0.15, -0.1) is 0 Å². The maximum atomic E-state index is 12.0. The molecular formula is C16H15N3O. The van der Waals surface area contributed by atoms with E-state index >= 15 is 0 Å². The summed E-state index contributed by atoms with van der Waals surface area (Å²) in [6.45, 7) is 2.18. The Morgan fingerprint density at radius 3 is 2.70 bits per heavy atom. The number of hydrogen-bond acceptors (Lipinski definition) is 3. The molecule has 20 heavy (non-hydrogen) atoms. The van der Waals surface area contributed by atoms with Gasteiger partial charge in [0.2, 0.25) is 0 Å². The summed E-state index contributed by atoms with van der Waals surface area (Å²) in [7, 11) is 0. The minimum atomic E-state index is -0.156. The van der Waals surface area contributed by atoms with Gasteiger partial charge in [-0.05, 0) is 43.3 Å². The largest absolute Gasteiger partial charge is 0.322 e. The first-order valence-corrected chi connectivity index (χ1v) is 6.22. The Hall–Kier alpha value is -2.64. The van der Waals surface area contributed by atoms with Gasteiger partial charge in [-0.3, -0.25) is 9.78 Å². The lowest BCUT2D eigenvalue weighted by atomic mass is 10.2. The van der Waals surface area contributed by atoms with Crippen LogP contribution in [0.5, 0.6) is 0 Å². The molecule has 0 spiro atoms. The van der Waals surface area contributed by atoms with Crippen molar-refractivity contribution in [1.29, 1.82) is 0 Å². The van der Waals surface area contributed by atoms with E-state index < -0.39 is 0 Å². The second-order valence-electron chi connectivity index (χ2n) is 4.22. The van der Waals surface area contributed by atoms with E-state index in [0.717, 1.165) is 16.9 Å². The number of amides is 1. The van der Waals surface area contributed by atoms with E-state index in [0.29, 0.717) is 12.1 Å². The zero-order valence-corrected chi connectivity index (χ0v) is 11.2. The predicted molar refractivity (Wildman–Crippen MR) is 79.3 cm³/mol. The quantitative estimate of drug-likeness (QED) is 0.815. The third-order valence-corrected chi connectivity index (χ3v) is 2.64. The van der Waals surface area contributed by atoms with Crippen molar-refractivity contribution < 1.29 is 4.79 Å². The molecule has 1 aromatic heterocycles. The van der Waals surface area contributed by atoms with Gasteiger partial charge in [-0.2, -0.15) is 0 Å². The zero-order chi connectivity index (χ0) is 14.4. The molecule has 0 unspecified atom stereocenters. The average molecular weight is 265 g/mol. The van der Waals surface area contributed by atoms with Crippen LogP contribution in [0, 0.1) is 18.8 Å². The summed E-state index contributed by atoms with van der Waals surface area (Å²) < 4.78 is 0. The lowest BCUT2D eigenvalue weighted by Gasteiger charge is -2.05. The number of carbonyl (C=O) groups excluding carboxylic acids is 1. The van der Waals surface area contributed by atoms with Crippen molar-refractivity contribution in [3.63, 3.8) is 0 Å². The third kappa shape index (κ3) is 3.67. The molecule has 1 heterocycles. The highest BCUT2D eigenvalue weighted by Crippen LogP contribution is 2.11. The lowest BCUT2D eigenvalue weighted by molar-refractivity contribution is 0.102. The van der Waals surface area contributed by atoms with Crippen LogP contribution < -0.4 is 11.1 Å². The fraction of sp³-hybridized carbons (Fsp3) is 0.125. The van der Waals surface area contributed by atoms with Crippen LogP contribution in [0.3, 0.4) is 0 Å². The lowest BCUT2D eigenvalue weighted by Crippen LogP contribution is -2.12. The molecule has 4 nitrogen and oxygen atoms in total. The molecule has 0 aliphatic rings. The number of aryl methyl sites for hydroxylation is 1. The normalized spacial score (nSPS) is 9.50. The van der Waals surface area contributed by atoms with E-state index in [-0.39, 0.29) is 5.91 Å². The number of nitrogens with zero attached hydrogens (tertiary/aromatic N) is 1. The molecule has 1 amide bonds. The number of aromatic nitrogens is 1. The number of benzene rings is 1. The maximum absolute atomic E-state index is 12.0. The van der Waals surface area contributed by atoms with Gasteiger partial charge in [0.05, 0.1) is 6.54 Å². The van der Waals surface area contributed by atoms with Crippen LogP contribution >= 0.6 is 0 Å². The first-order valence-electron chi connectivity index (χ1n) is 6.22. The molecule has 2 rings (SSSR count). The van der Waals surface area contributed by atoms with Crippen molar-refractivity contribution in [1.82, 2.24) is 4.98 Å². The summed E-state index contributed by atoms with van der Waals surface area (Å²) in [4.78, 5) is 16.1. The molecule has 100 valence electrons. The zero-order valence-electron chi connectivity index (χ0n) is 11.2. The molecule has 0 saturated carbocycles. The molecule has 0 fully saturated rings. The van der Waals surface area contributed by atoms with Crippen molar-refractivity contribution in [3.8, 4) is 11.8 Å². The maximum Gasteiger partial charge on any atom is 0.255 e.